The summed E-state index contributed by atoms with van der Waals surface area (Å²) in [6.45, 7) is 0.873. The quantitative estimate of drug-likeness (QED) is 0.453. The molecule has 0 fully saturated rings. The molecule has 0 aliphatic rings. The second-order valence-electron chi connectivity index (χ2n) is 2.44. The molecule has 0 aromatic carbocycles. The van der Waals surface area contributed by atoms with Gasteiger partial charge in [0.15, 0.2) is 0 Å². The highest BCUT2D eigenvalue weighted by molar-refractivity contribution is 4.53. The summed E-state index contributed by atoms with van der Waals surface area (Å²) in [7, 11) is 1.91. The summed E-state index contributed by atoms with van der Waals surface area (Å²) in [5.74, 6) is 0. The number of hydrogen-bond donors (Lipinski definition) is 3. The molecule has 1 atom stereocenters. The first-order valence-electron chi connectivity index (χ1n) is 3.74. The first-order chi connectivity index (χ1) is 4.81. The van der Waals surface area contributed by atoms with E-state index in [0.717, 1.165) is 19.4 Å². The van der Waals surface area contributed by atoms with Gasteiger partial charge in [-0.1, -0.05) is 0 Å². The van der Waals surface area contributed by atoms with Gasteiger partial charge in [0, 0.05) is 0 Å². The number of nitrogens with one attached hydrogen (secondary N) is 1. The second-order valence-corrected chi connectivity index (χ2v) is 2.44. The number of aliphatic hydroxyl groups is 2. The molecule has 3 nitrogen and oxygen atoms in total. The Morgan fingerprint density at radius 2 is 2.10 bits per heavy atom. The van der Waals surface area contributed by atoms with Crippen LogP contribution in [0, 0.1) is 0 Å². The molecule has 10 heavy (non-hydrogen) atoms. The van der Waals surface area contributed by atoms with E-state index in [0.29, 0.717) is 6.42 Å². The van der Waals surface area contributed by atoms with Gasteiger partial charge in [0.1, 0.15) is 0 Å². The fourth-order valence-corrected chi connectivity index (χ4v) is 0.773. The third kappa shape index (κ3) is 6.01. The molecule has 0 heterocycles. The van der Waals surface area contributed by atoms with E-state index in [9.17, 15) is 0 Å². The van der Waals surface area contributed by atoms with Gasteiger partial charge in [-0.25, -0.2) is 0 Å². The summed E-state index contributed by atoms with van der Waals surface area (Å²) in [5.41, 5.74) is 0. The Bertz CT molecular complexity index is 68.6. The van der Waals surface area contributed by atoms with Gasteiger partial charge in [0.2, 0.25) is 0 Å². The molecule has 0 saturated heterocycles. The molecule has 0 saturated carbocycles. The normalized spacial score (nSPS) is 13.5. The van der Waals surface area contributed by atoms with Gasteiger partial charge >= 0.3 is 0 Å². The van der Waals surface area contributed by atoms with Gasteiger partial charge in [-0.15, -0.1) is 0 Å². The van der Waals surface area contributed by atoms with E-state index in [1.165, 1.54) is 0 Å². The van der Waals surface area contributed by atoms with Crippen molar-refractivity contribution in [2.75, 3.05) is 20.2 Å². The minimum absolute atomic E-state index is 0.112. The predicted molar refractivity (Wildman–Crippen MR) is 40.9 cm³/mol. The molecule has 0 aromatic heterocycles. The van der Waals surface area contributed by atoms with Crippen LogP contribution in [0.15, 0.2) is 0 Å². The van der Waals surface area contributed by atoms with Crippen LogP contribution in [0.5, 0.6) is 0 Å². The maximum Gasteiger partial charge on any atom is 0.0770 e. The molecule has 0 radical (unpaired) electrons. The van der Waals surface area contributed by atoms with Gasteiger partial charge in [-0.2, -0.15) is 0 Å². The van der Waals surface area contributed by atoms with Gasteiger partial charge in [0.05, 0.1) is 12.7 Å². The number of unbranched alkanes of at least 4 members (excludes halogenated alkanes) is 1. The average molecular weight is 147 g/mol. The average Bonchev–Trinajstić information content (AvgIpc) is 1.98. The van der Waals surface area contributed by atoms with Crippen LogP contribution in [-0.2, 0) is 0 Å². The van der Waals surface area contributed by atoms with Crippen molar-refractivity contribution in [2.24, 2.45) is 0 Å². The van der Waals surface area contributed by atoms with Crippen LogP contribution in [-0.4, -0.2) is 36.5 Å². The van der Waals surface area contributed by atoms with Crippen molar-refractivity contribution >= 4 is 0 Å². The molecular weight excluding hydrogens is 130 g/mol. The summed E-state index contributed by atoms with van der Waals surface area (Å²) < 4.78 is 0. The Morgan fingerprint density at radius 1 is 1.40 bits per heavy atom. The molecule has 3 heteroatoms. The molecule has 0 amide bonds. The van der Waals surface area contributed by atoms with Crippen LogP contribution in [0.3, 0.4) is 0 Å². The molecule has 0 aliphatic carbocycles. The second kappa shape index (κ2) is 6.99. The number of aliphatic hydroxyl groups excluding tert-OH is 2. The van der Waals surface area contributed by atoms with Crippen molar-refractivity contribution in [2.45, 2.75) is 25.4 Å². The third-order valence-electron chi connectivity index (χ3n) is 1.42. The molecule has 3 N–H and O–H groups in total. The lowest BCUT2D eigenvalue weighted by Crippen LogP contribution is -2.13. The highest BCUT2D eigenvalue weighted by Crippen LogP contribution is 1.98. The summed E-state index contributed by atoms with van der Waals surface area (Å²) in [4.78, 5) is 0. The third-order valence-corrected chi connectivity index (χ3v) is 1.42. The van der Waals surface area contributed by atoms with Crippen molar-refractivity contribution in [1.29, 1.82) is 0 Å². The fraction of sp³-hybridized carbons (Fsp3) is 1.00. The largest absolute Gasteiger partial charge is 0.394 e. The maximum atomic E-state index is 8.89. The first-order valence-corrected chi connectivity index (χ1v) is 3.74. The highest BCUT2D eigenvalue weighted by atomic mass is 16.3. The molecule has 0 aromatic rings. The summed E-state index contributed by atoms with van der Waals surface area (Å²) in [6, 6.07) is 0. The number of rotatable bonds is 6. The summed E-state index contributed by atoms with van der Waals surface area (Å²) >= 11 is 0. The molecular formula is C7H17NO2. The van der Waals surface area contributed by atoms with E-state index in [2.05, 4.69) is 5.32 Å². The van der Waals surface area contributed by atoms with Gasteiger partial charge in [0.25, 0.3) is 0 Å². The maximum absolute atomic E-state index is 8.89. The van der Waals surface area contributed by atoms with Crippen LogP contribution < -0.4 is 5.32 Å². The van der Waals surface area contributed by atoms with E-state index in [-0.39, 0.29) is 6.61 Å². The zero-order chi connectivity index (χ0) is 7.82. The standard InChI is InChI=1S/C7H17NO2/c1-8-5-3-2-4-7(10)6-9/h7-10H,2-6H2,1H3/t7-/m0/s1. The SMILES string of the molecule is CNCCCC[C@H](O)CO. The van der Waals surface area contributed by atoms with Crippen molar-refractivity contribution in [3.63, 3.8) is 0 Å². The molecule has 0 rings (SSSR count). The Balaban J connectivity index is 2.89. The summed E-state index contributed by atoms with van der Waals surface area (Å²) in [5, 5.41) is 20.3. The lowest BCUT2D eigenvalue weighted by atomic mass is 10.1. The Morgan fingerprint density at radius 3 is 2.60 bits per heavy atom. The van der Waals surface area contributed by atoms with Gasteiger partial charge in [-0.3, -0.25) is 0 Å². The molecule has 0 bridgehead atoms. The van der Waals surface area contributed by atoms with Crippen LogP contribution in [0.25, 0.3) is 0 Å². The summed E-state index contributed by atoms with van der Waals surface area (Å²) in [6.07, 6.45) is 2.23. The monoisotopic (exact) mass is 147 g/mol. The zero-order valence-corrected chi connectivity index (χ0v) is 6.51. The fourth-order valence-electron chi connectivity index (χ4n) is 0.773. The van der Waals surface area contributed by atoms with Crippen molar-refractivity contribution in [1.82, 2.24) is 5.32 Å². The van der Waals surface area contributed by atoms with Crippen LogP contribution >= 0.6 is 0 Å². The topological polar surface area (TPSA) is 52.5 Å². The Kier molecular flexibility index (Phi) is 6.91. The number of hydrogen-bond acceptors (Lipinski definition) is 3. The molecule has 0 aliphatic heterocycles. The lowest BCUT2D eigenvalue weighted by molar-refractivity contribution is 0.0862. The van der Waals surface area contributed by atoms with E-state index >= 15 is 0 Å². The van der Waals surface area contributed by atoms with Crippen LogP contribution in [0.2, 0.25) is 0 Å². The highest BCUT2D eigenvalue weighted by Gasteiger charge is 1.99. The Labute approximate surface area is 62.1 Å². The van der Waals surface area contributed by atoms with Crippen LogP contribution in [0.4, 0.5) is 0 Å². The molecule has 0 spiro atoms. The van der Waals surface area contributed by atoms with Gasteiger partial charge in [-0.05, 0) is 32.9 Å². The van der Waals surface area contributed by atoms with Gasteiger partial charge < -0.3 is 15.5 Å². The molecule has 0 unspecified atom stereocenters. The first kappa shape index (κ1) is 9.88. The van der Waals surface area contributed by atoms with E-state index in [1.807, 2.05) is 7.05 Å². The smallest absolute Gasteiger partial charge is 0.0770 e. The Hall–Kier alpha value is -0.120. The van der Waals surface area contributed by atoms with Crippen molar-refractivity contribution in [3.8, 4) is 0 Å². The minimum atomic E-state index is -0.517. The van der Waals surface area contributed by atoms with Crippen LogP contribution in [0.1, 0.15) is 19.3 Å². The van der Waals surface area contributed by atoms with E-state index in [4.69, 9.17) is 10.2 Å². The molecule has 62 valence electrons. The van der Waals surface area contributed by atoms with E-state index < -0.39 is 6.10 Å². The van der Waals surface area contributed by atoms with Crippen molar-refractivity contribution in [3.05, 3.63) is 0 Å². The lowest BCUT2D eigenvalue weighted by Gasteiger charge is -2.05. The zero-order valence-electron chi connectivity index (χ0n) is 6.51. The minimum Gasteiger partial charge on any atom is -0.394 e. The van der Waals surface area contributed by atoms with E-state index in [1.54, 1.807) is 0 Å². The predicted octanol–water partition coefficient (Wildman–Crippen LogP) is -0.271. The van der Waals surface area contributed by atoms with Crippen molar-refractivity contribution < 1.29 is 10.2 Å².